The molecule has 34 heavy (non-hydrogen) atoms. The quantitative estimate of drug-likeness (QED) is 0.217. The molecule has 2 rings (SSSR count). The third-order valence-electron chi connectivity index (χ3n) is 6.99. The summed E-state index contributed by atoms with van der Waals surface area (Å²) in [5, 5.41) is 12.7. The van der Waals surface area contributed by atoms with Crippen LogP contribution < -0.4 is 5.32 Å². The fourth-order valence-electron chi connectivity index (χ4n) is 4.81. The smallest absolute Gasteiger partial charge is 0.329 e. The first-order valence-corrected chi connectivity index (χ1v) is 13.8. The summed E-state index contributed by atoms with van der Waals surface area (Å²) in [4.78, 5) is 25.1. The Balaban J connectivity index is 1.52. The molecule has 2 saturated heterocycles. The van der Waals surface area contributed by atoms with Crippen LogP contribution in [-0.2, 0) is 23.8 Å². The van der Waals surface area contributed by atoms with Gasteiger partial charge in [0.25, 0.3) is 0 Å². The van der Waals surface area contributed by atoms with Crippen LogP contribution in [0.15, 0.2) is 0 Å². The average molecular weight is 484 g/mol. The number of esters is 1. The molecule has 5 atom stereocenters. The van der Waals surface area contributed by atoms with Crippen molar-refractivity contribution in [1.29, 1.82) is 0 Å². The molecule has 198 valence electrons. The van der Waals surface area contributed by atoms with Crippen LogP contribution in [0.2, 0.25) is 0 Å². The van der Waals surface area contributed by atoms with Gasteiger partial charge in [0.2, 0.25) is 5.91 Å². The Hall–Kier alpha value is -1.18. The predicted molar refractivity (Wildman–Crippen MR) is 132 cm³/mol. The van der Waals surface area contributed by atoms with Crippen molar-refractivity contribution in [2.45, 2.75) is 141 Å². The maximum absolute atomic E-state index is 12.7. The van der Waals surface area contributed by atoms with Crippen LogP contribution in [0.4, 0.5) is 0 Å². The van der Waals surface area contributed by atoms with Gasteiger partial charge in [0, 0.05) is 6.42 Å². The third-order valence-corrected chi connectivity index (χ3v) is 6.99. The highest BCUT2D eigenvalue weighted by Crippen LogP contribution is 2.29. The number of ether oxygens (including phenoxy) is 3. The van der Waals surface area contributed by atoms with Gasteiger partial charge in [-0.3, -0.25) is 4.79 Å². The molecule has 2 aliphatic rings. The van der Waals surface area contributed by atoms with Crippen molar-refractivity contribution in [2.75, 3.05) is 13.2 Å². The van der Waals surface area contributed by atoms with Crippen molar-refractivity contribution in [3.05, 3.63) is 0 Å². The van der Waals surface area contributed by atoms with Crippen LogP contribution in [0.5, 0.6) is 0 Å². The molecule has 0 unspecified atom stereocenters. The fourth-order valence-corrected chi connectivity index (χ4v) is 4.81. The first-order valence-electron chi connectivity index (χ1n) is 13.8. The maximum atomic E-state index is 12.7. The molecule has 0 aromatic carbocycles. The number of rotatable bonds is 18. The van der Waals surface area contributed by atoms with Gasteiger partial charge in [-0.15, -0.1) is 0 Å². The van der Waals surface area contributed by atoms with Gasteiger partial charge in [0.1, 0.15) is 24.4 Å². The van der Waals surface area contributed by atoms with Gasteiger partial charge in [-0.2, -0.15) is 0 Å². The second-order valence-corrected chi connectivity index (χ2v) is 10.4. The number of hydrogen-bond acceptors (Lipinski definition) is 6. The van der Waals surface area contributed by atoms with Crippen molar-refractivity contribution in [1.82, 2.24) is 5.32 Å². The zero-order chi connectivity index (χ0) is 24.8. The summed E-state index contributed by atoms with van der Waals surface area (Å²) in [7, 11) is 0. The van der Waals surface area contributed by atoms with Crippen LogP contribution in [0, 0.1) is 5.92 Å². The second-order valence-electron chi connectivity index (χ2n) is 10.4. The summed E-state index contributed by atoms with van der Waals surface area (Å²) < 4.78 is 16.6. The number of unbranched alkanes of at least 4 members (excludes halogenated alkanes) is 12. The summed E-state index contributed by atoms with van der Waals surface area (Å²) >= 11 is 0. The van der Waals surface area contributed by atoms with Crippen molar-refractivity contribution in [3.63, 3.8) is 0 Å². The lowest BCUT2D eigenvalue weighted by Gasteiger charge is -2.24. The monoisotopic (exact) mass is 483 g/mol. The number of amides is 1. The molecule has 7 heteroatoms. The van der Waals surface area contributed by atoms with E-state index >= 15 is 0 Å². The lowest BCUT2D eigenvalue weighted by molar-refractivity contribution is -0.158. The Morgan fingerprint density at radius 1 is 0.853 bits per heavy atom. The van der Waals surface area contributed by atoms with E-state index in [-0.39, 0.29) is 25.0 Å². The van der Waals surface area contributed by atoms with Gasteiger partial charge in [0.15, 0.2) is 6.10 Å². The maximum Gasteiger partial charge on any atom is 0.329 e. The number of hydrogen-bond donors (Lipinski definition) is 2. The molecule has 0 saturated carbocycles. The number of carbonyl (C=O) groups excluding carboxylic acids is 2. The number of aliphatic hydroxyl groups excluding tert-OH is 1. The molecule has 0 spiro atoms. The van der Waals surface area contributed by atoms with Crippen molar-refractivity contribution in [3.8, 4) is 0 Å². The molecule has 0 aromatic heterocycles. The molecule has 2 heterocycles. The van der Waals surface area contributed by atoms with Gasteiger partial charge >= 0.3 is 5.97 Å². The molecule has 2 fully saturated rings. The fraction of sp³-hybridized carbons (Fsp3) is 0.926. The van der Waals surface area contributed by atoms with Crippen molar-refractivity contribution in [2.24, 2.45) is 5.92 Å². The molecular formula is C27H49NO6. The Morgan fingerprint density at radius 2 is 1.38 bits per heavy atom. The van der Waals surface area contributed by atoms with Gasteiger partial charge < -0.3 is 24.6 Å². The number of nitrogens with one attached hydrogen (secondary N) is 1. The van der Waals surface area contributed by atoms with Gasteiger partial charge in [-0.1, -0.05) is 97.8 Å². The molecule has 0 aromatic rings. The Bertz CT molecular complexity index is 583. The molecule has 1 amide bonds. The Morgan fingerprint density at radius 3 is 1.94 bits per heavy atom. The lowest BCUT2D eigenvalue weighted by Crippen LogP contribution is -2.47. The van der Waals surface area contributed by atoms with Crippen molar-refractivity contribution < 1.29 is 28.9 Å². The topological polar surface area (TPSA) is 94.1 Å². The van der Waals surface area contributed by atoms with Crippen LogP contribution >= 0.6 is 0 Å². The van der Waals surface area contributed by atoms with E-state index in [0.29, 0.717) is 6.42 Å². The number of aliphatic hydroxyl groups is 1. The molecule has 2 N–H and O–H groups in total. The first-order chi connectivity index (χ1) is 16.4. The summed E-state index contributed by atoms with van der Waals surface area (Å²) in [6, 6.07) is -0.695. The lowest BCUT2D eigenvalue weighted by atomic mass is 10.0. The van der Waals surface area contributed by atoms with E-state index in [1.54, 1.807) is 0 Å². The summed E-state index contributed by atoms with van der Waals surface area (Å²) in [5.41, 5.74) is 0. The SMILES string of the molecule is CCCCCCCCCCCCCCCC(=O)N[C@H](C(=O)O[C@H]1CO[C@H]2[C@@H]1OC[C@H]2O)C(C)C. The third kappa shape index (κ3) is 10.2. The summed E-state index contributed by atoms with van der Waals surface area (Å²) in [6.07, 6.45) is 14.8. The van der Waals surface area contributed by atoms with E-state index in [9.17, 15) is 14.7 Å². The molecule has 2 aliphatic heterocycles. The molecule has 0 radical (unpaired) electrons. The Kier molecular flexibility index (Phi) is 14.1. The highest BCUT2D eigenvalue weighted by atomic mass is 16.6. The standard InChI is InChI=1S/C27H49NO6/c1-4-5-6-7-8-9-10-11-12-13-14-15-16-17-23(30)28-24(20(2)3)27(31)34-22-19-33-25-21(29)18-32-26(22)25/h20-22,24-26,29H,4-19H2,1-3H3,(H,28,30)/t21-,22+,24+,25-,26-/m1/s1. The van der Waals surface area contributed by atoms with Gasteiger partial charge in [0.05, 0.1) is 13.2 Å². The van der Waals surface area contributed by atoms with Gasteiger partial charge in [-0.25, -0.2) is 4.79 Å². The second kappa shape index (κ2) is 16.5. The predicted octanol–water partition coefficient (Wildman–Crippen LogP) is 4.68. The average Bonchev–Trinajstić information content (AvgIpc) is 3.38. The normalized spacial score (nSPS) is 24.9. The molecule has 0 aliphatic carbocycles. The van der Waals surface area contributed by atoms with Crippen molar-refractivity contribution >= 4 is 11.9 Å². The largest absolute Gasteiger partial charge is 0.455 e. The van der Waals surface area contributed by atoms with E-state index in [1.807, 2.05) is 13.8 Å². The van der Waals surface area contributed by atoms with Crippen LogP contribution in [0.1, 0.15) is 111 Å². The minimum Gasteiger partial charge on any atom is -0.455 e. The highest BCUT2D eigenvalue weighted by Gasteiger charge is 2.49. The van der Waals surface area contributed by atoms with E-state index in [0.717, 1.165) is 19.3 Å². The van der Waals surface area contributed by atoms with E-state index < -0.39 is 36.4 Å². The minimum atomic E-state index is -0.695. The Labute approximate surface area is 206 Å². The van der Waals surface area contributed by atoms with Crippen LogP contribution in [0.3, 0.4) is 0 Å². The van der Waals surface area contributed by atoms with E-state index in [1.165, 1.54) is 64.2 Å². The summed E-state index contributed by atoms with van der Waals surface area (Å²) in [5.74, 6) is -0.656. The summed E-state index contributed by atoms with van der Waals surface area (Å²) in [6.45, 7) is 6.43. The molecular weight excluding hydrogens is 434 g/mol. The van der Waals surface area contributed by atoms with E-state index in [4.69, 9.17) is 14.2 Å². The zero-order valence-corrected chi connectivity index (χ0v) is 21.8. The molecule has 0 bridgehead atoms. The first kappa shape index (κ1) is 29.1. The zero-order valence-electron chi connectivity index (χ0n) is 21.8. The molecule has 7 nitrogen and oxygen atoms in total. The highest BCUT2D eigenvalue weighted by molar-refractivity contribution is 5.84. The van der Waals surface area contributed by atoms with E-state index in [2.05, 4.69) is 12.2 Å². The minimum absolute atomic E-state index is 0.0868. The number of carbonyl (C=O) groups is 2. The van der Waals surface area contributed by atoms with Crippen LogP contribution in [-0.4, -0.2) is 60.7 Å². The number of fused-ring (bicyclic) bond motifs is 1. The van der Waals surface area contributed by atoms with Crippen LogP contribution in [0.25, 0.3) is 0 Å². The van der Waals surface area contributed by atoms with Gasteiger partial charge in [-0.05, 0) is 12.3 Å².